The van der Waals surface area contributed by atoms with Crippen LogP contribution in [0.1, 0.15) is 43.0 Å². The fourth-order valence-corrected chi connectivity index (χ4v) is 6.82. The average molecular weight is 488 g/mol. The van der Waals surface area contributed by atoms with Gasteiger partial charge in [-0.1, -0.05) is 11.8 Å². The van der Waals surface area contributed by atoms with E-state index in [2.05, 4.69) is 40.8 Å². The second-order valence-electron chi connectivity index (χ2n) is 9.60. The van der Waals surface area contributed by atoms with E-state index in [4.69, 9.17) is 10.8 Å². The Morgan fingerprint density at radius 3 is 2.57 bits per heavy atom. The van der Waals surface area contributed by atoms with Crippen LogP contribution in [-0.4, -0.2) is 43.4 Å². The molecule has 3 aromatic heterocycles. The predicted molar refractivity (Wildman–Crippen MR) is 134 cm³/mol. The number of anilines is 1. The number of hydrogen-bond donors (Lipinski definition) is 1. The van der Waals surface area contributed by atoms with Gasteiger partial charge in [0.2, 0.25) is 0 Å². The summed E-state index contributed by atoms with van der Waals surface area (Å²) in [5.41, 5.74) is 10.8. The zero-order chi connectivity index (χ0) is 24.3. The molecule has 4 aromatic rings. The molecule has 2 aliphatic heterocycles. The minimum Gasteiger partial charge on any atom is -0.398 e. The van der Waals surface area contributed by atoms with E-state index in [1.165, 1.54) is 36.7 Å². The number of halogens is 1. The zero-order valence-corrected chi connectivity index (χ0v) is 20.5. The van der Waals surface area contributed by atoms with Crippen LogP contribution < -0.4 is 5.73 Å². The number of hydrogen-bond acceptors (Lipinski definition) is 6. The van der Waals surface area contributed by atoms with E-state index in [0.29, 0.717) is 34.9 Å². The lowest BCUT2D eigenvalue weighted by atomic mass is 9.97. The van der Waals surface area contributed by atoms with Crippen LogP contribution in [0.3, 0.4) is 0 Å². The molecule has 0 unspecified atom stereocenters. The molecule has 0 spiro atoms. The van der Waals surface area contributed by atoms with Crippen molar-refractivity contribution in [1.82, 2.24) is 24.3 Å². The molecule has 2 bridgehead atoms. The number of piperidine rings is 1. The van der Waals surface area contributed by atoms with E-state index in [9.17, 15) is 9.65 Å². The third-order valence-corrected chi connectivity index (χ3v) is 8.79. The molecule has 2 saturated heterocycles. The molecule has 2 N–H and O–H groups in total. The van der Waals surface area contributed by atoms with Crippen molar-refractivity contribution in [3.05, 3.63) is 59.9 Å². The number of rotatable bonds is 4. The van der Waals surface area contributed by atoms with Gasteiger partial charge in [-0.25, -0.2) is 8.91 Å². The summed E-state index contributed by atoms with van der Waals surface area (Å²) in [6.07, 6.45) is 10.3. The summed E-state index contributed by atoms with van der Waals surface area (Å²) in [4.78, 5) is 4.10. The number of benzene rings is 1. The third kappa shape index (κ3) is 3.68. The van der Waals surface area contributed by atoms with E-state index in [1.54, 1.807) is 16.8 Å². The Hall–Kier alpha value is -3.35. The van der Waals surface area contributed by atoms with Crippen molar-refractivity contribution >= 4 is 23.0 Å². The maximum absolute atomic E-state index is 13.6. The summed E-state index contributed by atoms with van der Waals surface area (Å²) in [6.45, 7) is 2.13. The molecule has 5 heterocycles. The van der Waals surface area contributed by atoms with Crippen molar-refractivity contribution in [2.75, 3.05) is 12.8 Å². The highest BCUT2D eigenvalue weighted by Gasteiger charge is 2.39. The van der Waals surface area contributed by atoms with Crippen molar-refractivity contribution < 1.29 is 4.39 Å². The smallest absolute Gasteiger partial charge is 0.125 e. The van der Waals surface area contributed by atoms with Gasteiger partial charge in [-0.15, -0.1) is 0 Å². The van der Waals surface area contributed by atoms with Crippen LogP contribution in [0.25, 0.3) is 16.6 Å². The van der Waals surface area contributed by atoms with Gasteiger partial charge >= 0.3 is 0 Å². The van der Waals surface area contributed by atoms with Crippen LogP contribution in [0.15, 0.2) is 52.6 Å². The molecule has 1 aromatic carbocycles. The van der Waals surface area contributed by atoms with Crippen molar-refractivity contribution in [2.24, 2.45) is 0 Å². The zero-order valence-electron chi connectivity index (χ0n) is 19.6. The molecule has 9 heteroatoms. The first-order valence-corrected chi connectivity index (χ1v) is 12.7. The summed E-state index contributed by atoms with van der Waals surface area (Å²) in [5, 5.41) is 18.9. The van der Waals surface area contributed by atoms with E-state index in [-0.39, 0.29) is 5.82 Å². The van der Waals surface area contributed by atoms with Gasteiger partial charge < -0.3 is 10.6 Å². The Balaban J connectivity index is 1.41. The summed E-state index contributed by atoms with van der Waals surface area (Å²) in [6, 6.07) is 10.3. The first kappa shape index (κ1) is 22.1. The third-order valence-electron chi connectivity index (χ3n) is 7.66. The van der Waals surface area contributed by atoms with Gasteiger partial charge in [0.25, 0.3) is 0 Å². The van der Waals surface area contributed by atoms with Crippen molar-refractivity contribution in [3.63, 3.8) is 0 Å². The Labute approximate surface area is 207 Å². The summed E-state index contributed by atoms with van der Waals surface area (Å²) < 4.78 is 17.5. The molecule has 6 rings (SSSR count). The molecular weight excluding hydrogens is 461 g/mol. The minimum absolute atomic E-state index is 0.359. The van der Waals surface area contributed by atoms with Gasteiger partial charge in [-0.2, -0.15) is 15.5 Å². The number of aromatic nitrogens is 4. The number of fused-ring (bicyclic) bond motifs is 3. The van der Waals surface area contributed by atoms with Crippen molar-refractivity contribution in [3.8, 4) is 17.2 Å². The Bertz CT molecular complexity index is 1470. The standard InChI is InChI=1S/C26H26FN7S/c1-15-22(13-31-34(15)21-9-19-4-5-20(10-21)32(19)2)16-7-25(26-17(11-28)12-30-33(26)14-16)35-24-6-3-18(27)8-23(24)29/h3,6-8,12-14,19-21H,4-5,9-10,29H2,1-2H3/t19-,20+,21+. The lowest BCUT2D eigenvalue weighted by Gasteiger charge is -2.36. The van der Waals surface area contributed by atoms with Gasteiger partial charge in [0, 0.05) is 50.6 Å². The highest BCUT2D eigenvalue weighted by atomic mass is 32.2. The highest BCUT2D eigenvalue weighted by Crippen LogP contribution is 2.42. The number of pyridine rings is 1. The molecule has 7 nitrogen and oxygen atoms in total. The fraction of sp³-hybridized carbons (Fsp3) is 0.346. The topological polar surface area (TPSA) is 88.2 Å². The normalized spacial score (nSPS) is 22.1. The monoisotopic (exact) mass is 487 g/mol. The summed E-state index contributed by atoms with van der Waals surface area (Å²) in [7, 11) is 2.25. The number of nitriles is 1. The fourth-order valence-electron chi connectivity index (χ4n) is 5.78. The van der Waals surface area contributed by atoms with Crippen LogP contribution in [-0.2, 0) is 0 Å². The lowest BCUT2D eigenvalue weighted by Crippen LogP contribution is -2.40. The summed E-state index contributed by atoms with van der Waals surface area (Å²) in [5.74, 6) is -0.377. The van der Waals surface area contributed by atoms with E-state index in [0.717, 1.165) is 39.5 Å². The Kier molecular flexibility index (Phi) is 5.31. The molecule has 2 fully saturated rings. The van der Waals surface area contributed by atoms with Gasteiger partial charge in [-0.05, 0) is 63.9 Å². The number of nitrogens with zero attached hydrogens (tertiary/aromatic N) is 6. The van der Waals surface area contributed by atoms with Gasteiger partial charge in [0.15, 0.2) is 0 Å². The molecule has 0 aliphatic carbocycles. The maximum Gasteiger partial charge on any atom is 0.125 e. The van der Waals surface area contributed by atoms with E-state index < -0.39 is 0 Å². The molecule has 35 heavy (non-hydrogen) atoms. The maximum atomic E-state index is 13.6. The Morgan fingerprint density at radius 1 is 1.09 bits per heavy atom. The quantitative estimate of drug-likeness (QED) is 0.406. The predicted octanol–water partition coefficient (Wildman–Crippen LogP) is 5.05. The van der Waals surface area contributed by atoms with Gasteiger partial charge in [-0.3, -0.25) is 4.68 Å². The van der Waals surface area contributed by atoms with E-state index in [1.807, 2.05) is 12.4 Å². The van der Waals surface area contributed by atoms with Crippen LogP contribution >= 0.6 is 11.8 Å². The molecular formula is C26H26FN7S. The molecule has 0 amide bonds. The highest BCUT2D eigenvalue weighted by molar-refractivity contribution is 7.99. The largest absolute Gasteiger partial charge is 0.398 e. The van der Waals surface area contributed by atoms with Gasteiger partial charge in [0.1, 0.15) is 11.9 Å². The minimum atomic E-state index is -0.377. The molecule has 0 saturated carbocycles. The number of nitrogens with two attached hydrogens (primary N) is 1. The molecule has 3 atom stereocenters. The van der Waals surface area contributed by atoms with E-state index >= 15 is 0 Å². The average Bonchev–Trinajstić information content (AvgIpc) is 3.48. The van der Waals surface area contributed by atoms with Crippen molar-refractivity contribution in [2.45, 2.75) is 60.5 Å². The summed E-state index contributed by atoms with van der Waals surface area (Å²) >= 11 is 1.41. The van der Waals surface area contributed by atoms with Crippen LogP contribution in [0, 0.1) is 24.1 Å². The first-order chi connectivity index (χ1) is 16.9. The van der Waals surface area contributed by atoms with Crippen LogP contribution in [0.5, 0.6) is 0 Å². The SMILES string of the molecule is Cc1c(-c2cc(Sc3ccc(F)cc3N)c3c(C#N)cnn3c2)cnn1[C@H]1C[C@H]2CC[C@@H](C1)N2C. The Morgan fingerprint density at radius 2 is 1.86 bits per heavy atom. The van der Waals surface area contributed by atoms with Crippen LogP contribution in [0.2, 0.25) is 0 Å². The lowest BCUT2D eigenvalue weighted by molar-refractivity contribution is 0.130. The van der Waals surface area contributed by atoms with Crippen LogP contribution in [0.4, 0.5) is 10.1 Å². The first-order valence-electron chi connectivity index (χ1n) is 11.8. The molecule has 0 radical (unpaired) electrons. The van der Waals surface area contributed by atoms with Crippen molar-refractivity contribution in [1.29, 1.82) is 5.26 Å². The number of nitrogen functional groups attached to an aromatic ring is 1. The second kappa shape index (κ2) is 8.40. The molecule has 2 aliphatic rings. The molecule has 178 valence electrons. The second-order valence-corrected chi connectivity index (χ2v) is 10.7. The van der Waals surface area contributed by atoms with Gasteiger partial charge in [0.05, 0.1) is 29.5 Å².